The second-order valence-corrected chi connectivity index (χ2v) is 5.96. The van der Waals surface area contributed by atoms with Crippen molar-refractivity contribution < 1.29 is 0 Å². The number of rotatable bonds is 3. The van der Waals surface area contributed by atoms with Crippen LogP contribution >= 0.6 is 0 Å². The van der Waals surface area contributed by atoms with Crippen molar-refractivity contribution >= 4 is 11.4 Å². The molecule has 0 bridgehead atoms. The first kappa shape index (κ1) is 14.2. The maximum absolute atomic E-state index is 6.32. The zero-order valence-electron chi connectivity index (χ0n) is 13.0. The summed E-state index contributed by atoms with van der Waals surface area (Å²) in [6, 6.07) is 15.5. The lowest BCUT2D eigenvalue weighted by Crippen LogP contribution is -2.26. The van der Waals surface area contributed by atoms with E-state index >= 15 is 0 Å². The normalized spacial score (nSPS) is 15.7. The maximum Gasteiger partial charge on any atom is 0.0459 e. The molecule has 2 nitrogen and oxygen atoms in total. The number of nitrogens with two attached hydrogens (primary N) is 1. The molecule has 1 unspecified atom stereocenters. The van der Waals surface area contributed by atoms with Crippen LogP contribution in [0.4, 0.5) is 11.4 Å². The van der Waals surface area contributed by atoms with Gasteiger partial charge in [0.05, 0.1) is 0 Å². The highest BCUT2D eigenvalue weighted by Crippen LogP contribution is 2.37. The van der Waals surface area contributed by atoms with Gasteiger partial charge in [0.15, 0.2) is 0 Å². The number of nitrogens with zero attached hydrogens (tertiary/aromatic N) is 1. The first-order chi connectivity index (χ1) is 10.2. The topological polar surface area (TPSA) is 29.3 Å². The predicted molar refractivity (Wildman–Crippen MR) is 90.2 cm³/mol. The van der Waals surface area contributed by atoms with Crippen LogP contribution in [0.2, 0.25) is 0 Å². The van der Waals surface area contributed by atoms with Crippen LogP contribution in [0.1, 0.15) is 42.5 Å². The highest BCUT2D eigenvalue weighted by Gasteiger charge is 2.21. The van der Waals surface area contributed by atoms with Crippen molar-refractivity contribution in [3.63, 3.8) is 0 Å². The van der Waals surface area contributed by atoms with Gasteiger partial charge >= 0.3 is 0 Å². The smallest absolute Gasteiger partial charge is 0.0459 e. The van der Waals surface area contributed by atoms with Crippen molar-refractivity contribution in [3.8, 4) is 0 Å². The van der Waals surface area contributed by atoms with Crippen molar-refractivity contribution in [3.05, 3.63) is 59.2 Å². The van der Waals surface area contributed by atoms with E-state index in [0.717, 1.165) is 13.0 Å². The maximum atomic E-state index is 6.32. The Hall–Kier alpha value is -1.80. The van der Waals surface area contributed by atoms with Crippen LogP contribution in [-0.2, 0) is 6.42 Å². The number of hydrogen-bond acceptors (Lipinski definition) is 2. The van der Waals surface area contributed by atoms with Crippen LogP contribution in [0.5, 0.6) is 0 Å². The molecule has 0 aliphatic carbocycles. The van der Waals surface area contributed by atoms with Gasteiger partial charge in [0.1, 0.15) is 0 Å². The molecule has 1 aliphatic rings. The fourth-order valence-electron chi connectivity index (χ4n) is 3.24. The summed E-state index contributed by atoms with van der Waals surface area (Å²) in [5.74, 6) is 0. The summed E-state index contributed by atoms with van der Waals surface area (Å²) in [6.45, 7) is 5.39. The molecule has 0 saturated carbocycles. The molecule has 2 heteroatoms. The molecule has 0 amide bonds. The Kier molecular flexibility index (Phi) is 3.98. The predicted octanol–water partition coefficient (Wildman–Crippen LogP) is 4.49. The van der Waals surface area contributed by atoms with Gasteiger partial charge in [-0.1, -0.05) is 42.8 Å². The van der Waals surface area contributed by atoms with E-state index < -0.39 is 0 Å². The van der Waals surface area contributed by atoms with Gasteiger partial charge in [0.2, 0.25) is 0 Å². The highest BCUT2D eigenvalue weighted by molar-refractivity contribution is 5.71. The number of aryl methyl sites for hydroxylation is 2. The molecule has 1 heterocycles. The molecule has 3 rings (SSSR count). The third kappa shape index (κ3) is 2.68. The SMILES string of the molecule is CCC(N)c1ccccc1N1CCCc2cc(C)ccc21. The zero-order chi connectivity index (χ0) is 14.8. The quantitative estimate of drug-likeness (QED) is 0.897. The lowest BCUT2D eigenvalue weighted by atomic mass is 9.96. The molecular weight excluding hydrogens is 256 g/mol. The molecule has 2 aromatic rings. The minimum Gasteiger partial charge on any atom is -0.341 e. The van der Waals surface area contributed by atoms with Gasteiger partial charge in [0, 0.05) is 24.0 Å². The second-order valence-electron chi connectivity index (χ2n) is 5.96. The van der Waals surface area contributed by atoms with Gasteiger partial charge in [0.25, 0.3) is 0 Å². The summed E-state index contributed by atoms with van der Waals surface area (Å²) >= 11 is 0. The van der Waals surface area contributed by atoms with Gasteiger partial charge in [-0.25, -0.2) is 0 Å². The molecule has 0 saturated heterocycles. The second kappa shape index (κ2) is 5.90. The van der Waals surface area contributed by atoms with Crippen LogP contribution in [0.25, 0.3) is 0 Å². The molecule has 0 fully saturated rings. The van der Waals surface area contributed by atoms with E-state index in [0.29, 0.717) is 0 Å². The van der Waals surface area contributed by atoms with Crippen LogP contribution in [0.15, 0.2) is 42.5 Å². The molecule has 0 aromatic heterocycles. The monoisotopic (exact) mass is 280 g/mol. The molecule has 1 aliphatic heterocycles. The van der Waals surface area contributed by atoms with E-state index in [2.05, 4.69) is 61.2 Å². The summed E-state index contributed by atoms with van der Waals surface area (Å²) < 4.78 is 0. The summed E-state index contributed by atoms with van der Waals surface area (Å²) in [6.07, 6.45) is 3.34. The first-order valence-electron chi connectivity index (χ1n) is 7.92. The van der Waals surface area contributed by atoms with Crippen LogP contribution in [0, 0.1) is 6.92 Å². The third-order valence-corrected chi connectivity index (χ3v) is 4.42. The summed E-state index contributed by atoms with van der Waals surface area (Å²) in [4.78, 5) is 2.45. The van der Waals surface area contributed by atoms with Crippen molar-refractivity contribution in [2.75, 3.05) is 11.4 Å². The standard InChI is InChI=1S/C19H24N2/c1-3-17(20)16-8-4-5-9-19(16)21-12-6-7-15-13-14(2)10-11-18(15)21/h4-5,8-11,13,17H,3,6-7,12,20H2,1-2H3. The van der Waals surface area contributed by atoms with Crippen molar-refractivity contribution in [1.82, 2.24) is 0 Å². The summed E-state index contributed by atoms with van der Waals surface area (Å²) in [7, 11) is 0. The van der Waals surface area contributed by atoms with Crippen molar-refractivity contribution in [2.45, 2.75) is 39.2 Å². The molecule has 21 heavy (non-hydrogen) atoms. The van der Waals surface area contributed by atoms with E-state index in [1.165, 1.54) is 40.9 Å². The van der Waals surface area contributed by atoms with E-state index in [-0.39, 0.29) is 6.04 Å². The lowest BCUT2D eigenvalue weighted by molar-refractivity contribution is 0.690. The Morgan fingerprint density at radius 1 is 1.14 bits per heavy atom. The zero-order valence-corrected chi connectivity index (χ0v) is 13.0. The highest BCUT2D eigenvalue weighted by atomic mass is 15.1. The minimum atomic E-state index is 0.108. The molecule has 2 N–H and O–H groups in total. The molecule has 110 valence electrons. The van der Waals surface area contributed by atoms with Crippen molar-refractivity contribution in [1.29, 1.82) is 0 Å². The first-order valence-corrected chi connectivity index (χ1v) is 7.92. The average molecular weight is 280 g/mol. The average Bonchev–Trinajstić information content (AvgIpc) is 2.53. The fourth-order valence-corrected chi connectivity index (χ4v) is 3.24. The number of benzene rings is 2. The number of para-hydroxylation sites is 1. The number of hydrogen-bond donors (Lipinski definition) is 1. The summed E-state index contributed by atoms with van der Waals surface area (Å²) in [5.41, 5.74) is 13.0. The van der Waals surface area contributed by atoms with E-state index in [1.807, 2.05) is 0 Å². The molecule has 2 aromatic carbocycles. The Morgan fingerprint density at radius 2 is 1.95 bits per heavy atom. The van der Waals surface area contributed by atoms with Crippen molar-refractivity contribution in [2.24, 2.45) is 5.73 Å². The lowest BCUT2D eigenvalue weighted by Gasteiger charge is -2.34. The Labute approximate surface area is 127 Å². The number of anilines is 2. The third-order valence-electron chi connectivity index (χ3n) is 4.42. The Balaban J connectivity index is 2.07. The Morgan fingerprint density at radius 3 is 2.76 bits per heavy atom. The van der Waals surface area contributed by atoms with Crippen LogP contribution in [0.3, 0.4) is 0 Å². The van der Waals surface area contributed by atoms with E-state index in [1.54, 1.807) is 0 Å². The molecular formula is C19H24N2. The van der Waals surface area contributed by atoms with Gasteiger partial charge < -0.3 is 10.6 Å². The molecule has 0 radical (unpaired) electrons. The van der Waals surface area contributed by atoms with Gasteiger partial charge in [-0.2, -0.15) is 0 Å². The molecule has 0 spiro atoms. The Bertz CT molecular complexity index is 633. The van der Waals surface area contributed by atoms with Gasteiger partial charge in [-0.3, -0.25) is 0 Å². The van der Waals surface area contributed by atoms with E-state index in [4.69, 9.17) is 5.73 Å². The molecule has 1 atom stereocenters. The summed E-state index contributed by atoms with van der Waals surface area (Å²) in [5, 5.41) is 0. The fraction of sp³-hybridized carbons (Fsp3) is 0.368. The number of fused-ring (bicyclic) bond motifs is 1. The van der Waals surface area contributed by atoms with Crippen LogP contribution < -0.4 is 10.6 Å². The van der Waals surface area contributed by atoms with Crippen LogP contribution in [-0.4, -0.2) is 6.54 Å². The largest absolute Gasteiger partial charge is 0.341 e. The van der Waals surface area contributed by atoms with Gasteiger partial charge in [-0.15, -0.1) is 0 Å². The minimum absolute atomic E-state index is 0.108. The van der Waals surface area contributed by atoms with Gasteiger partial charge in [-0.05, 0) is 49.4 Å². The van der Waals surface area contributed by atoms with E-state index in [9.17, 15) is 0 Å².